The predicted octanol–water partition coefficient (Wildman–Crippen LogP) is 3.60. The summed E-state index contributed by atoms with van der Waals surface area (Å²) in [6.07, 6.45) is 0. The number of aromatic carboxylic acids is 1. The zero-order valence-electron chi connectivity index (χ0n) is 10.7. The van der Waals surface area contributed by atoms with E-state index in [4.69, 9.17) is 5.11 Å². The van der Waals surface area contributed by atoms with E-state index >= 15 is 0 Å². The number of benzene rings is 1. The van der Waals surface area contributed by atoms with Crippen LogP contribution in [0.2, 0.25) is 0 Å². The minimum absolute atomic E-state index is 0.0111. The van der Waals surface area contributed by atoms with Gasteiger partial charge in [0.15, 0.2) is 0 Å². The van der Waals surface area contributed by atoms with E-state index in [-0.39, 0.29) is 11.5 Å². The van der Waals surface area contributed by atoms with Gasteiger partial charge in [-0.3, -0.25) is 0 Å². The Morgan fingerprint density at radius 3 is 2.90 bits per heavy atom. The summed E-state index contributed by atoms with van der Waals surface area (Å²) in [7, 11) is 0. The van der Waals surface area contributed by atoms with E-state index in [9.17, 15) is 9.18 Å². The zero-order chi connectivity index (χ0) is 14.7. The molecule has 4 nitrogen and oxygen atoms in total. The Bertz CT molecular complexity index is 662. The second-order valence-corrected chi connectivity index (χ2v) is 5.11. The number of nitrogens with one attached hydrogen (secondary N) is 1. The van der Waals surface area contributed by atoms with Gasteiger partial charge in [-0.1, -0.05) is 6.07 Å². The first-order valence-corrected chi connectivity index (χ1v) is 6.65. The number of hydrogen-bond donors (Lipinski definition) is 2. The van der Waals surface area contributed by atoms with Crippen molar-refractivity contribution in [1.29, 1.82) is 0 Å². The Labute approximate surface area is 123 Å². The molecular weight excluding hydrogens is 327 g/mol. The number of nitrogens with zero attached hydrogens (tertiary/aromatic N) is 1. The monoisotopic (exact) mass is 338 g/mol. The van der Waals surface area contributed by atoms with E-state index in [0.717, 1.165) is 5.56 Å². The van der Waals surface area contributed by atoms with E-state index in [2.05, 4.69) is 26.2 Å². The minimum atomic E-state index is -1.07. The summed E-state index contributed by atoms with van der Waals surface area (Å²) in [5.41, 5.74) is 2.09. The normalized spacial score (nSPS) is 10.3. The van der Waals surface area contributed by atoms with Crippen LogP contribution in [0.25, 0.3) is 0 Å². The van der Waals surface area contributed by atoms with Crippen LogP contribution in [0.4, 0.5) is 10.1 Å². The molecule has 6 heteroatoms. The Morgan fingerprint density at radius 2 is 2.20 bits per heavy atom. The highest BCUT2D eigenvalue weighted by molar-refractivity contribution is 9.10. The molecule has 0 saturated heterocycles. The molecule has 0 aliphatic heterocycles. The molecule has 0 spiro atoms. The fourth-order valence-electron chi connectivity index (χ4n) is 1.72. The van der Waals surface area contributed by atoms with Gasteiger partial charge in [0.1, 0.15) is 11.5 Å². The zero-order valence-corrected chi connectivity index (χ0v) is 12.2. The Balaban J connectivity index is 2.15. The fourth-order valence-corrected chi connectivity index (χ4v) is 2.18. The van der Waals surface area contributed by atoms with Crippen molar-refractivity contribution < 1.29 is 14.3 Å². The Morgan fingerprint density at radius 1 is 1.45 bits per heavy atom. The molecule has 0 fully saturated rings. The van der Waals surface area contributed by atoms with Crippen molar-refractivity contribution in [1.82, 2.24) is 4.98 Å². The van der Waals surface area contributed by atoms with Crippen molar-refractivity contribution in [3.8, 4) is 0 Å². The lowest BCUT2D eigenvalue weighted by atomic mass is 10.2. The van der Waals surface area contributed by atoms with Crippen molar-refractivity contribution in [2.75, 3.05) is 5.32 Å². The number of hydrogen-bond acceptors (Lipinski definition) is 3. The summed E-state index contributed by atoms with van der Waals surface area (Å²) in [4.78, 5) is 14.8. The number of anilines is 1. The maximum Gasteiger partial charge on any atom is 0.354 e. The third kappa shape index (κ3) is 3.33. The van der Waals surface area contributed by atoms with Crippen LogP contribution < -0.4 is 5.32 Å². The number of halogens is 2. The molecule has 0 radical (unpaired) electrons. The highest BCUT2D eigenvalue weighted by Crippen LogP contribution is 2.24. The largest absolute Gasteiger partial charge is 0.477 e. The maximum atomic E-state index is 13.5. The first kappa shape index (κ1) is 14.5. The van der Waals surface area contributed by atoms with Gasteiger partial charge in [-0.05, 0) is 52.7 Å². The molecular formula is C14H12BrFN2O2. The highest BCUT2D eigenvalue weighted by atomic mass is 79.9. The van der Waals surface area contributed by atoms with Crippen LogP contribution in [0.5, 0.6) is 0 Å². The van der Waals surface area contributed by atoms with Gasteiger partial charge >= 0.3 is 5.97 Å². The maximum absolute atomic E-state index is 13.5. The van der Waals surface area contributed by atoms with Crippen LogP contribution in [-0.4, -0.2) is 16.1 Å². The van der Waals surface area contributed by atoms with Gasteiger partial charge in [-0.2, -0.15) is 0 Å². The summed E-state index contributed by atoms with van der Waals surface area (Å²) in [6, 6.07) is 7.84. The predicted molar refractivity (Wildman–Crippen MR) is 77.4 cm³/mol. The van der Waals surface area contributed by atoms with Crippen LogP contribution in [0.3, 0.4) is 0 Å². The molecule has 1 aromatic carbocycles. The number of pyridine rings is 1. The summed E-state index contributed by atoms with van der Waals surface area (Å²) in [6.45, 7) is 2.18. The molecule has 0 bridgehead atoms. The topological polar surface area (TPSA) is 62.2 Å². The molecule has 0 aliphatic carbocycles. The fraction of sp³-hybridized carbons (Fsp3) is 0.143. The molecule has 1 aromatic heterocycles. The third-order valence-electron chi connectivity index (χ3n) is 2.75. The molecule has 0 amide bonds. The van der Waals surface area contributed by atoms with Crippen LogP contribution in [0.15, 0.2) is 34.8 Å². The average Bonchev–Trinajstić information content (AvgIpc) is 2.41. The molecule has 104 valence electrons. The van der Waals surface area contributed by atoms with Crippen molar-refractivity contribution in [2.45, 2.75) is 13.5 Å². The number of carboxylic acid groups (broad SMARTS) is 1. The van der Waals surface area contributed by atoms with E-state index in [1.165, 1.54) is 12.1 Å². The molecule has 20 heavy (non-hydrogen) atoms. The van der Waals surface area contributed by atoms with E-state index in [0.29, 0.717) is 22.4 Å². The quantitative estimate of drug-likeness (QED) is 0.893. The minimum Gasteiger partial charge on any atom is -0.477 e. The summed E-state index contributed by atoms with van der Waals surface area (Å²) < 4.78 is 13.9. The Hall–Kier alpha value is -1.95. The highest BCUT2D eigenvalue weighted by Gasteiger charge is 2.07. The molecule has 2 N–H and O–H groups in total. The lowest BCUT2D eigenvalue weighted by molar-refractivity contribution is 0.0690. The van der Waals surface area contributed by atoms with E-state index in [1.54, 1.807) is 18.2 Å². The second kappa shape index (κ2) is 6.00. The number of rotatable bonds is 4. The molecule has 2 aromatic rings. The van der Waals surface area contributed by atoms with Gasteiger partial charge in [0.05, 0.1) is 16.7 Å². The molecule has 2 rings (SSSR count). The summed E-state index contributed by atoms with van der Waals surface area (Å²) in [5.74, 6) is -1.43. The summed E-state index contributed by atoms with van der Waals surface area (Å²) in [5, 5.41) is 11.9. The van der Waals surface area contributed by atoms with Crippen molar-refractivity contribution >= 4 is 27.6 Å². The number of aromatic nitrogens is 1. The van der Waals surface area contributed by atoms with Gasteiger partial charge in [-0.25, -0.2) is 14.2 Å². The average molecular weight is 339 g/mol. The van der Waals surface area contributed by atoms with Crippen LogP contribution in [-0.2, 0) is 6.54 Å². The van der Waals surface area contributed by atoms with Gasteiger partial charge in [-0.15, -0.1) is 0 Å². The number of aryl methyl sites for hydroxylation is 1. The molecule has 0 atom stereocenters. The van der Waals surface area contributed by atoms with E-state index in [1.807, 2.05) is 6.92 Å². The lowest BCUT2D eigenvalue weighted by Crippen LogP contribution is -2.07. The molecule has 0 aliphatic rings. The Kier molecular flexibility index (Phi) is 4.34. The lowest BCUT2D eigenvalue weighted by Gasteiger charge is -2.10. The van der Waals surface area contributed by atoms with Crippen molar-refractivity contribution in [3.63, 3.8) is 0 Å². The molecule has 0 saturated carbocycles. The summed E-state index contributed by atoms with van der Waals surface area (Å²) >= 11 is 3.12. The first-order valence-electron chi connectivity index (χ1n) is 5.86. The second-order valence-electron chi connectivity index (χ2n) is 4.25. The standard InChI is InChI=1S/C14H12BrFN2O2/c1-8-5-10(15)11(16)6-13(8)17-7-9-3-2-4-12(18-9)14(19)20/h2-6,17H,7H2,1H3,(H,19,20). The number of carbonyl (C=O) groups is 1. The van der Waals surface area contributed by atoms with Crippen LogP contribution in [0, 0.1) is 12.7 Å². The SMILES string of the molecule is Cc1cc(Br)c(F)cc1NCc1cccc(C(=O)O)n1. The smallest absolute Gasteiger partial charge is 0.354 e. The third-order valence-corrected chi connectivity index (χ3v) is 3.36. The van der Waals surface area contributed by atoms with Gasteiger partial charge in [0, 0.05) is 5.69 Å². The van der Waals surface area contributed by atoms with Crippen LogP contribution in [0.1, 0.15) is 21.7 Å². The molecule has 0 unspecified atom stereocenters. The van der Waals surface area contributed by atoms with Gasteiger partial charge < -0.3 is 10.4 Å². The first-order chi connectivity index (χ1) is 9.47. The molecule has 1 heterocycles. The van der Waals surface area contributed by atoms with Gasteiger partial charge in [0.25, 0.3) is 0 Å². The van der Waals surface area contributed by atoms with Gasteiger partial charge in [0.2, 0.25) is 0 Å². The van der Waals surface area contributed by atoms with Crippen molar-refractivity contribution in [2.24, 2.45) is 0 Å². The van der Waals surface area contributed by atoms with E-state index < -0.39 is 5.97 Å². The number of carboxylic acids is 1. The van der Waals surface area contributed by atoms with Crippen LogP contribution >= 0.6 is 15.9 Å². The van der Waals surface area contributed by atoms with Crippen molar-refractivity contribution in [3.05, 3.63) is 57.6 Å².